The van der Waals surface area contributed by atoms with E-state index in [2.05, 4.69) is 27.2 Å². The molecule has 0 saturated carbocycles. The van der Waals surface area contributed by atoms with Crippen LogP contribution in [0.1, 0.15) is 11.4 Å². The topological polar surface area (TPSA) is 49.8 Å². The number of nitrogens with zero attached hydrogens (tertiary/aromatic N) is 2. The lowest BCUT2D eigenvalue weighted by Gasteiger charge is -2.08. The molecule has 0 atom stereocenters. The van der Waals surface area contributed by atoms with Crippen molar-refractivity contribution in [3.05, 3.63) is 30.1 Å². The molecule has 0 saturated heterocycles. The van der Waals surface area contributed by atoms with E-state index in [1.165, 1.54) is 0 Å². The number of hydrogen-bond donors (Lipinski definition) is 2. The van der Waals surface area contributed by atoms with E-state index < -0.39 is 0 Å². The zero-order valence-electron chi connectivity index (χ0n) is 8.87. The molecule has 0 bridgehead atoms. The monoisotopic (exact) mass is 222 g/mol. The summed E-state index contributed by atoms with van der Waals surface area (Å²) in [5.41, 5.74) is 1.83. The van der Waals surface area contributed by atoms with Crippen LogP contribution in [0.15, 0.2) is 18.7 Å². The van der Waals surface area contributed by atoms with Gasteiger partial charge in [-0.1, -0.05) is 6.08 Å². The lowest BCUT2D eigenvalue weighted by atomic mass is 10.4. The largest absolute Gasteiger partial charge is 0.359 e. The molecule has 15 heavy (non-hydrogen) atoms. The molecule has 1 aromatic rings. The molecule has 1 heterocycles. The minimum Gasteiger partial charge on any atom is -0.359 e. The number of anilines is 1. The van der Waals surface area contributed by atoms with Gasteiger partial charge in [-0.2, -0.15) is 0 Å². The molecule has 0 aromatic carbocycles. The van der Waals surface area contributed by atoms with E-state index in [1.807, 2.05) is 19.9 Å². The smallest absolute Gasteiger partial charge is 0.229 e. The van der Waals surface area contributed by atoms with Crippen LogP contribution in [0, 0.1) is 13.8 Å². The molecule has 0 radical (unpaired) electrons. The van der Waals surface area contributed by atoms with Gasteiger partial charge >= 0.3 is 0 Å². The third kappa shape index (κ3) is 4.03. The van der Waals surface area contributed by atoms with Crippen LogP contribution in [-0.2, 0) is 0 Å². The fourth-order valence-corrected chi connectivity index (χ4v) is 1.27. The first kappa shape index (κ1) is 11.6. The second-order valence-electron chi connectivity index (χ2n) is 3.10. The summed E-state index contributed by atoms with van der Waals surface area (Å²) in [7, 11) is 0. The van der Waals surface area contributed by atoms with Crippen molar-refractivity contribution in [3.8, 4) is 0 Å². The summed E-state index contributed by atoms with van der Waals surface area (Å²) in [6.45, 7) is 8.04. The van der Waals surface area contributed by atoms with Crippen molar-refractivity contribution < 1.29 is 0 Å². The average molecular weight is 222 g/mol. The Kier molecular flexibility index (Phi) is 4.17. The molecule has 0 spiro atoms. The lowest BCUT2D eigenvalue weighted by molar-refractivity contribution is 1.03. The third-order valence-corrected chi connectivity index (χ3v) is 1.86. The van der Waals surface area contributed by atoms with Gasteiger partial charge in [-0.05, 0) is 32.1 Å². The van der Waals surface area contributed by atoms with Gasteiger partial charge in [-0.3, -0.25) is 0 Å². The van der Waals surface area contributed by atoms with Crippen LogP contribution in [0.2, 0.25) is 0 Å². The molecule has 1 aromatic heterocycles. The summed E-state index contributed by atoms with van der Waals surface area (Å²) in [6.07, 6.45) is 1.73. The normalized spacial score (nSPS) is 9.47. The maximum atomic E-state index is 5.04. The van der Waals surface area contributed by atoms with Gasteiger partial charge in [0.1, 0.15) is 0 Å². The Morgan fingerprint density at radius 2 is 2.07 bits per heavy atom. The van der Waals surface area contributed by atoms with E-state index in [0.717, 1.165) is 11.4 Å². The van der Waals surface area contributed by atoms with Crippen LogP contribution in [0.3, 0.4) is 0 Å². The van der Waals surface area contributed by atoms with Crippen LogP contribution < -0.4 is 10.6 Å². The fourth-order valence-electron chi connectivity index (χ4n) is 1.09. The van der Waals surface area contributed by atoms with Gasteiger partial charge in [-0.15, -0.1) is 6.58 Å². The van der Waals surface area contributed by atoms with Crippen LogP contribution in [0.25, 0.3) is 0 Å². The first-order chi connectivity index (χ1) is 7.11. The van der Waals surface area contributed by atoms with Crippen molar-refractivity contribution in [1.82, 2.24) is 15.3 Å². The SMILES string of the molecule is C=CCNC(=S)Nc1nc(C)cc(C)n1. The molecule has 0 unspecified atom stereocenters. The van der Waals surface area contributed by atoms with E-state index in [-0.39, 0.29) is 0 Å². The molecule has 0 aliphatic rings. The molecule has 0 aliphatic carbocycles. The highest BCUT2D eigenvalue weighted by molar-refractivity contribution is 7.80. The van der Waals surface area contributed by atoms with Gasteiger partial charge in [0.25, 0.3) is 0 Å². The molecular formula is C10H14N4S. The number of hydrogen-bond acceptors (Lipinski definition) is 3. The van der Waals surface area contributed by atoms with Crippen molar-refractivity contribution in [3.63, 3.8) is 0 Å². The Morgan fingerprint density at radius 1 is 1.47 bits per heavy atom. The van der Waals surface area contributed by atoms with Crippen LogP contribution in [0.5, 0.6) is 0 Å². The first-order valence-electron chi connectivity index (χ1n) is 4.60. The van der Waals surface area contributed by atoms with E-state index in [4.69, 9.17) is 12.2 Å². The minimum atomic E-state index is 0.500. The summed E-state index contributed by atoms with van der Waals surface area (Å²) in [6, 6.07) is 1.91. The van der Waals surface area contributed by atoms with Crippen LogP contribution >= 0.6 is 12.2 Å². The Hall–Kier alpha value is -1.49. The molecule has 5 heteroatoms. The van der Waals surface area contributed by atoms with Crippen molar-refractivity contribution in [1.29, 1.82) is 0 Å². The zero-order valence-corrected chi connectivity index (χ0v) is 9.69. The number of aryl methyl sites for hydroxylation is 2. The highest BCUT2D eigenvalue weighted by Gasteiger charge is 2.00. The minimum absolute atomic E-state index is 0.500. The predicted octanol–water partition coefficient (Wildman–Crippen LogP) is 1.57. The summed E-state index contributed by atoms with van der Waals surface area (Å²) in [5, 5.41) is 6.35. The number of rotatable bonds is 3. The summed E-state index contributed by atoms with van der Waals surface area (Å²) in [5.74, 6) is 0.522. The van der Waals surface area contributed by atoms with Crippen molar-refractivity contribution in [2.45, 2.75) is 13.8 Å². The zero-order chi connectivity index (χ0) is 11.3. The van der Waals surface area contributed by atoms with E-state index in [0.29, 0.717) is 17.6 Å². The van der Waals surface area contributed by atoms with E-state index in [9.17, 15) is 0 Å². The highest BCUT2D eigenvalue weighted by atomic mass is 32.1. The summed E-state index contributed by atoms with van der Waals surface area (Å²) < 4.78 is 0. The standard InChI is InChI=1S/C10H14N4S/c1-4-5-11-10(15)14-9-12-7(2)6-8(3)13-9/h4,6H,1,5H2,2-3H3,(H2,11,12,13,14,15). The second-order valence-corrected chi connectivity index (χ2v) is 3.51. The highest BCUT2D eigenvalue weighted by Crippen LogP contribution is 2.03. The molecule has 0 fully saturated rings. The van der Waals surface area contributed by atoms with Gasteiger partial charge in [0.15, 0.2) is 5.11 Å². The van der Waals surface area contributed by atoms with Crippen molar-refractivity contribution in [2.24, 2.45) is 0 Å². The Morgan fingerprint density at radius 3 is 2.60 bits per heavy atom. The van der Waals surface area contributed by atoms with Crippen molar-refractivity contribution >= 4 is 23.3 Å². The molecule has 2 N–H and O–H groups in total. The number of thiocarbonyl (C=S) groups is 1. The maximum Gasteiger partial charge on any atom is 0.229 e. The quantitative estimate of drug-likeness (QED) is 0.600. The van der Waals surface area contributed by atoms with Gasteiger partial charge in [0.2, 0.25) is 5.95 Å². The van der Waals surface area contributed by atoms with Crippen molar-refractivity contribution in [2.75, 3.05) is 11.9 Å². The molecule has 0 amide bonds. The third-order valence-electron chi connectivity index (χ3n) is 1.61. The molecule has 0 aliphatic heterocycles. The Balaban J connectivity index is 2.63. The molecular weight excluding hydrogens is 208 g/mol. The molecule has 1 rings (SSSR count). The summed E-state index contributed by atoms with van der Waals surface area (Å²) >= 11 is 5.04. The van der Waals surface area contributed by atoms with Gasteiger partial charge in [0, 0.05) is 17.9 Å². The first-order valence-corrected chi connectivity index (χ1v) is 5.00. The second kappa shape index (κ2) is 5.41. The lowest BCUT2D eigenvalue weighted by Crippen LogP contribution is -2.29. The van der Waals surface area contributed by atoms with Gasteiger partial charge < -0.3 is 10.6 Å². The van der Waals surface area contributed by atoms with Crippen LogP contribution in [-0.4, -0.2) is 21.6 Å². The van der Waals surface area contributed by atoms with Crippen LogP contribution in [0.4, 0.5) is 5.95 Å². The molecule has 4 nitrogen and oxygen atoms in total. The average Bonchev–Trinajstić information content (AvgIpc) is 2.13. The van der Waals surface area contributed by atoms with Gasteiger partial charge in [-0.25, -0.2) is 9.97 Å². The van der Waals surface area contributed by atoms with Gasteiger partial charge in [0.05, 0.1) is 0 Å². The van der Waals surface area contributed by atoms with E-state index in [1.54, 1.807) is 6.08 Å². The Labute approximate surface area is 94.8 Å². The summed E-state index contributed by atoms with van der Waals surface area (Å²) in [4.78, 5) is 8.41. The number of aromatic nitrogens is 2. The maximum absolute atomic E-state index is 5.04. The fraction of sp³-hybridized carbons (Fsp3) is 0.300. The Bertz CT molecular complexity index is 355. The predicted molar refractivity (Wildman–Crippen MR) is 65.9 cm³/mol. The molecule has 80 valence electrons. The number of nitrogens with one attached hydrogen (secondary N) is 2. The van der Waals surface area contributed by atoms with E-state index >= 15 is 0 Å².